The lowest BCUT2D eigenvalue weighted by molar-refractivity contribution is 0.0512. The maximum Gasteiger partial charge on any atom is 0.231 e. The molecule has 2 unspecified atom stereocenters. The number of ether oxygens (including phenoxy) is 1. The maximum absolute atomic E-state index is 11.6. The summed E-state index contributed by atoms with van der Waals surface area (Å²) in [5, 5.41) is 0. The van der Waals surface area contributed by atoms with Gasteiger partial charge in [0.05, 0.1) is 17.6 Å². The number of hydrogen-bond donors (Lipinski definition) is 0. The van der Waals surface area contributed by atoms with Gasteiger partial charge in [-0.3, -0.25) is 4.80 Å². The highest BCUT2D eigenvalue weighted by molar-refractivity contribution is 7.91. The molecule has 0 aromatic carbocycles. The third-order valence-electron chi connectivity index (χ3n) is 2.65. The Labute approximate surface area is 99.1 Å². The summed E-state index contributed by atoms with van der Waals surface area (Å²) in [6.45, 7) is 6.10. The summed E-state index contributed by atoms with van der Waals surface area (Å²) >= 11 is 0. The van der Waals surface area contributed by atoms with Crippen LogP contribution in [0.3, 0.4) is 0 Å². The highest BCUT2D eigenvalue weighted by Crippen LogP contribution is 2.19. The van der Waals surface area contributed by atoms with Crippen molar-refractivity contribution in [1.29, 1.82) is 0 Å². The topological polar surface area (TPSA) is 63.3 Å². The largest absolute Gasteiger partial charge is 0.377 e. The second-order valence-electron chi connectivity index (χ2n) is 5.43. The lowest BCUT2D eigenvalue weighted by atomic mass is 10.2. The smallest absolute Gasteiger partial charge is 0.231 e. The molecule has 1 heterocycles. The molecule has 95 valence electrons. The molecule has 0 aromatic heterocycles. The van der Waals surface area contributed by atoms with Gasteiger partial charge in [0.25, 0.3) is 0 Å². The third kappa shape index (κ3) is 5.43. The van der Waals surface area contributed by atoms with Crippen molar-refractivity contribution in [2.45, 2.75) is 38.6 Å². The van der Waals surface area contributed by atoms with Gasteiger partial charge in [0.2, 0.25) is 8.32 Å². The van der Waals surface area contributed by atoms with Gasteiger partial charge in [-0.1, -0.05) is 6.92 Å². The van der Waals surface area contributed by atoms with Gasteiger partial charge in [0.1, 0.15) is 0 Å². The highest BCUT2D eigenvalue weighted by Gasteiger charge is 2.29. The minimum atomic E-state index is -2.86. The highest BCUT2D eigenvalue weighted by atomic mass is 32.2. The van der Waals surface area contributed by atoms with E-state index in [0.717, 1.165) is 0 Å². The Morgan fingerprint density at radius 2 is 2.06 bits per heavy atom. The fraction of sp³-hybridized carbons (Fsp3) is 1.00. The Morgan fingerprint density at radius 3 is 2.50 bits per heavy atom. The number of rotatable bonds is 5. The summed E-state index contributed by atoms with van der Waals surface area (Å²) in [6, 6.07) is 0.687. The van der Waals surface area contributed by atoms with E-state index in [4.69, 9.17) is 4.74 Å². The Morgan fingerprint density at radius 1 is 1.44 bits per heavy atom. The molecule has 2 atom stereocenters. The van der Waals surface area contributed by atoms with Crippen LogP contribution in [0.2, 0.25) is 19.1 Å². The molecule has 1 saturated heterocycles. The molecule has 0 aromatic rings. The van der Waals surface area contributed by atoms with Gasteiger partial charge in [-0.25, -0.2) is 8.42 Å². The van der Waals surface area contributed by atoms with Crippen molar-refractivity contribution in [3.05, 3.63) is 0 Å². The second kappa shape index (κ2) is 5.16. The van der Waals surface area contributed by atoms with Crippen LogP contribution in [0.5, 0.6) is 0 Å². The molecule has 1 aliphatic heterocycles. The fourth-order valence-electron chi connectivity index (χ4n) is 2.09. The van der Waals surface area contributed by atoms with Gasteiger partial charge in [-0.15, -0.1) is 0 Å². The van der Waals surface area contributed by atoms with Gasteiger partial charge in [-0.2, -0.15) is 0 Å². The number of sulfone groups is 1. The molecular weight excluding hydrogens is 244 g/mol. The van der Waals surface area contributed by atoms with Gasteiger partial charge >= 0.3 is 0 Å². The van der Waals surface area contributed by atoms with Crippen molar-refractivity contribution >= 4 is 18.2 Å². The van der Waals surface area contributed by atoms with Crippen molar-refractivity contribution < 1.29 is 18.0 Å². The van der Waals surface area contributed by atoms with Crippen LogP contribution in [0.25, 0.3) is 0 Å². The fourth-order valence-corrected chi connectivity index (χ4v) is 5.51. The van der Waals surface area contributed by atoms with Crippen LogP contribution < -0.4 is 0 Å². The van der Waals surface area contributed by atoms with Crippen LogP contribution >= 0.6 is 0 Å². The maximum atomic E-state index is 11.6. The first-order chi connectivity index (χ1) is 7.18. The standard InChI is InChI=1S/C10H21O4SSi/c1-9(8-16(2,3)13)6-14-10-4-5-15(11,12)7-10/h9-10H,4-8H2,1-3H3. The zero-order valence-electron chi connectivity index (χ0n) is 10.2. The first-order valence-electron chi connectivity index (χ1n) is 5.70. The van der Waals surface area contributed by atoms with E-state index in [1.54, 1.807) is 13.1 Å². The Kier molecular flexibility index (Phi) is 4.56. The minimum absolute atomic E-state index is 0.149. The van der Waals surface area contributed by atoms with Gasteiger partial charge in [0.15, 0.2) is 9.84 Å². The molecule has 0 aliphatic carbocycles. The van der Waals surface area contributed by atoms with Gasteiger partial charge in [0, 0.05) is 6.61 Å². The van der Waals surface area contributed by atoms with Crippen molar-refractivity contribution in [3.63, 3.8) is 0 Å². The molecule has 1 aliphatic rings. The average Bonchev–Trinajstić information content (AvgIpc) is 2.39. The molecule has 0 amide bonds. The molecule has 0 saturated carbocycles. The summed E-state index contributed by atoms with van der Waals surface area (Å²) in [6.07, 6.45) is 0.455. The molecule has 1 rings (SSSR count). The van der Waals surface area contributed by atoms with Crippen LogP contribution in [0.15, 0.2) is 0 Å². The first kappa shape index (κ1) is 14.1. The van der Waals surface area contributed by atoms with Crippen molar-refractivity contribution in [3.8, 4) is 0 Å². The predicted octanol–water partition coefficient (Wildman–Crippen LogP) is 1.46. The summed E-state index contributed by atoms with van der Waals surface area (Å²) in [5.41, 5.74) is 0. The van der Waals surface area contributed by atoms with E-state index in [9.17, 15) is 13.2 Å². The SMILES string of the molecule is CC(COC1CCS(=O)(=O)C1)C[Si](C)(C)[O]. The van der Waals surface area contributed by atoms with Crippen molar-refractivity contribution in [2.24, 2.45) is 5.92 Å². The predicted molar refractivity (Wildman–Crippen MR) is 65.2 cm³/mol. The van der Waals surface area contributed by atoms with Crippen LogP contribution in [0.1, 0.15) is 13.3 Å². The third-order valence-corrected chi connectivity index (χ3v) is 6.06. The Bertz CT molecular complexity index is 320. The van der Waals surface area contributed by atoms with E-state index >= 15 is 0 Å². The summed E-state index contributed by atoms with van der Waals surface area (Å²) < 4.78 is 27.9. The minimum Gasteiger partial charge on any atom is -0.377 e. The molecule has 6 heteroatoms. The molecule has 0 spiro atoms. The van der Waals surface area contributed by atoms with E-state index in [1.807, 2.05) is 6.92 Å². The van der Waals surface area contributed by atoms with E-state index in [0.29, 0.717) is 19.1 Å². The zero-order chi connectivity index (χ0) is 12.4. The van der Waals surface area contributed by atoms with E-state index in [2.05, 4.69) is 0 Å². The number of hydrogen-bond acceptors (Lipinski definition) is 3. The van der Waals surface area contributed by atoms with Crippen molar-refractivity contribution in [2.75, 3.05) is 18.1 Å². The van der Waals surface area contributed by atoms with E-state index < -0.39 is 18.2 Å². The van der Waals surface area contributed by atoms with E-state index in [1.165, 1.54) is 0 Å². The normalized spacial score (nSPS) is 26.9. The van der Waals surface area contributed by atoms with Crippen LogP contribution in [0.4, 0.5) is 0 Å². The van der Waals surface area contributed by atoms with Crippen LogP contribution in [-0.4, -0.2) is 41.0 Å². The Balaban J connectivity index is 2.26. The first-order valence-corrected chi connectivity index (χ1v) is 10.6. The van der Waals surface area contributed by atoms with Crippen LogP contribution in [0, 0.1) is 5.92 Å². The summed E-state index contributed by atoms with van der Waals surface area (Å²) in [4.78, 5) is 11.6. The van der Waals surface area contributed by atoms with Crippen LogP contribution in [-0.2, 0) is 19.4 Å². The lowest BCUT2D eigenvalue weighted by Crippen LogP contribution is -2.28. The zero-order valence-corrected chi connectivity index (χ0v) is 12.0. The Hall–Kier alpha value is 0.0869. The quantitative estimate of drug-likeness (QED) is 0.707. The van der Waals surface area contributed by atoms with Gasteiger partial charge in [-0.05, 0) is 31.5 Å². The average molecular weight is 265 g/mol. The van der Waals surface area contributed by atoms with Gasteiger partial charge < -0.3 is 4.74 Å². The molecule has 0 N–H and O–H groups in total. The molecule has 1 radical (unpaired) electrons. The molecular formula is C10H21O4SSi. The van der Waals surface area contributed by atoms with Crippen molar-refractivity contribution in [1.82, 2.24) is 0 Å². The molecule has 4 nitrogen and oxygen atoms in total. The lowest BCUT2D eigenvalue weighted by Gasteiger charge is -2.19. The summed E-state index contributed by atoms with van der Waals surface area (Å²) in [7, 11) is -5.13. The van der Waals surface area contributed by atoms with E-state index in [-0.39, 0.29) is 23.5 Å². The summed E-state index contributed by atoms with van der Waals surface area (Å²) in [5.74, 6) is 0.633. The monoisotopic (exact) mass is 265 g/mol. The molecule has 1 fully saturated rings. The second-order valence-corrected chi connectivity index (χ2v) is 11.6. The molecule has 0 bridgehead atoms. The molecule has 16 heavy (non-hydrogen) atoms.